The topological polar surface area (TPSA) is 193 Å². The molecule has 0 bridgehead atoms. The van der Waals surface area contributed by atoms with Crippen molar-refractivity contribution in [3.8, 4) is 0 Å². The molecule has 0 saturated carbocycles. The molecule has 4 amide bonds. The SMILES string of the molecule is CC(OC(=O)NCCN)C(=O)OCC(=O)OCCOCCNC(=O)CCN1C(=O)C=CC1=O. The number of hydrogen-bond acceptors (Lipinski definition) is 11. The molecule has 0 aliphatic carbocycles. The Hall–Kier alpha value is -3.52. The molecule has 0 fully saturated rings. The van der Waals surface area contributed by atoms with Crippen molar-refractivity contribution in [1.29, 1.82) is 0 Å². The lowest BCUT2D eigenvalue weighted by atomic mass is 10.3. The Kier molecular flexibility index (Phi) is 12.8. The summed E-state index contributed by atoms with van der Waals surface area (Å²) in [7, 11) is 0. The number of nitrogens with zero attached hydrogens (tertiary/aromatic N) is 1. The Bertz CT molecular complexity index is 737. The molecule has 1 aliphatic heterocycles. The molecule has 0 radical (unpaired) electrons. The van der Waals surface area contributed by atoms with Crippen LogP contribution in [0.25, 0.3) is 0 Å². The smallest absolute Gasteiger partial charge is 0.408 e. The van der Waals surface area contributed by atoms with Crippen LogP contribution in [0, 0.1) is 0 Å². The number of imide groups is 1. The molecule has 1 atom stereocenters. The van der Waals surface area contributed by atoms with E-state index in [0.717, 1.165) is 17.1 Å². The fraction of sp³-hybridized carbons (Fsp3) is 0.579. The Morgan fingerprint density at radius 1 is 1.00 bits per heavy atom. The van der Waals surface area contributed by atoms with Crippen molar-refractivity contribution < 1.29 is 47.7 Å². The van der Waals surface area contributed by atoms with Gasteiger partial charge in [0.05, 0.1) is 13.2 Å². The quantitative estimate of drug-likeness (QED) is 0.0995. The third-order valence-electron chi connectivity index (χ3n) is 3.88. The Balaban J connectivity index is 2.01. The molecular weight excluding hydrogens is 444 g/mol. The van der Waals surface area contributed by atoms with Crippen LogP contribution < -0.4 is 16.4 Å². The van der Waals surface area contributed by atoms with E-state index in [0.29, 0.717) is 0 Å². The number of carbonyl (C=O) groups is 6. The summed E-state index contributed by atoms with van der Waals surface area (Å²) in [5.74, 6) is -2.99. The van der Waals surface area contributed by atoms with E-state index in [4.69, 9.17) is 19.9 Å². The first-order chi connectivity index (χ1) is 15.7. The van der Waals surface area contributed by atoms with Gasteiger partial charge in [0, 0.05) is 44.8 Å². The molecule has 14 nitrogen and oxygen atoms in total. The summed E-state index contributed by atoms with van der Waals surface area (Å²) >= 11 is 0. The van der Waals surface area contributed by atoms with Gasteiger partial charge in [0.25, 0.3) is 11.8 Å². The number of nitrogens with one attached hydrogen (secondary N) is 2. The molecule has 33 heavy (non-hydrogen) atoms. The summed E-state index contributed by atoms with van der Waals surface area (Å²) in [5.41, 5.74) is 5.21. The summed E-state index contributed by atoms with van der Waals surface area (Å²) in [5, 5.41) is 4.87. The molecule has 0 aromatic carbocycles. The third-order valence-corrected chi connectivity index (χ3v) is 3.88. The Morgan fingerprint density at radius 3 is 2.36 bits per heavy atom. The van der Waals surface area contributed by atoms with Crippen LogP contribution in [-0.4, -0.2) is 99.4 Å². The Morgan fingerprint density at radius 2 is 1.70 bits per heavy atom. The largest absolute Gasteiger partial charge is 0.461 e. The maximum Gasteiger partial charge on any atom is 0.408 e. The van der Waals surface area contributed by atoms with Crippen molar-refractivity contribution in [3.05, 3.63) is 12.2 Å². The fourth-order valence-corrected chi connectivity index (χ4v) is 2.25. The maximum atomic E-state index is 11.7. The molecular formula is C19H28N4O10. The number of amides is 4. The maximum absolute atomic E-state index is 11.7. The van der Waals surface area contributed by atoms with E-state index in [1.54, 1.807) is 0 Å². The summed E-state index contributed by atoms with van der Waals surface area (Å²) in [6, 6.07) is 0. The van der Waals surface area contributed by atoms with Gasteiger partial charge >= 0.3 is 18.0 Å². The highest BCUT2D eigenvalue weighted by Gasteiger charge is 2.23. The first-order valence-corrected chi connectivity index (χ1v) is 10.1. The van der Waals surface area contributed by atoms with E-state index in [1.807, 2.05) is 0 Å². The minimum Gasteiger partial charge on any atom is -0.461 e. The number of esters is 2. The molecule has 0 saturated heterocycles. The van der Waals surface area contributed by atoms with E-state index in [1.165, 1.54) is 6.92 Å². The minimum absolute atomic E-state index is 0.00966. The van der Waals surface area contributed by atoms with Crippen molar-refractivity contribution in [3.63, 3.8) is 0 Å². The van der Waals surface area contributed by atoms with Crippen LogP contribution in [0.4, 0.5) is 4.79 Å². The van der Waals surface area contributed by atoms with Crippen LogP contribution in [0.15, 0.2) is 12.2 Å². The van der Waals surface area contributed by atoms with Crippen molar-refractivity contribution in [1.82, 2.24) is 15.5 Å². The second kappa shape index (κ2) is 15.3. The van der Waals surface area contributed by atoms with Gasteiger partial charge in [-0.2, -0.15) is 0 Å². The van der Waals surface area contributed by atoms with Gasteiger partial charge in [-0.05, 0) is 6.92 Å². The number of alkyl carbamates (subject to hydrolysis) is 1. The first kappa shape index (κ1) is 27.5. The van der Waals surface area contributed by atoms with Crippen molar-refractivity contribution >= 4 is 35.8 Å². The standard InChI is InChI=1S/C19H28N4O10/c1-13(33-19(29)22-6-5-20)18(28)32-12-17(27)31-11-10-30-9-7-21-14(24)4-8-23-15(25)2-3-16(23)26/h2-3,13H,4-12,20H2,1H3,(H,21,24)(H,22,29). The highest BCUT2D eigenvalue weighted by Crippen LogP contribution is 2.03. The molecule has 1 rings (SSSR count). The Labute approximate surface area is 189 Å². The van der Waals surface area contributed by atoms with Gasteiger partial charge in [-0.25, -0.2) is 14.4 Å². The first-order valence-electron chi connectivity index (χ1n) is 10.1. The van der Waals surface area contributed by atoms with E-state index >= 15 is 0 Å². The van der Waals surface area contributed by atoms with Crippen LogP contribution in [0.2, 0.25) is 0 Å². The van der Waals surface area contributed by atoms with Crippen molar-refractivity contribution in [2.24, 2.45) is 5.73 Å². The summed E-state index contributed by atoms with van der Waals surface area (Å²) < 4.78 is 19.4. The van der Waals surface area contributed by atoms with Crippen LogP contribution in [0.1, 0.15) is 13.3 Å². The van der Waals surface area contributed by atoms with Gasteiger partial charge in [0.1, 0.15) is 6.61 Å². The molecule has 184 valence electrons. The zero-order chi connectivity index (χ0) is 24.6. The number of ether oxygens (including phenoxy) is 4. The van der Waals surface area contributed by atoms with Crippen LogP contribution >= 0.6 is 0 Å². The second-order valence-electron chi connectivity index (χ2n) is 6.46. The normalized spacial score (nSPS) is 13.5. The molecule has 0 aromatic heterocycles. The van der Waals surface area contributed by atoms with Crippen LogP contribution in [0.5, 0.6) is 0 Å². The molecule has 1 aliphatic rings. The van der Waals surface area contributed by atoms with Gasteiger partial charge in [-0.15, -0.1) is 0 Å². The van der Waals surface area contributed by atoms with E-state index in [2.05, 4.69) is 15.4 Å². The fourth-order valence-electron chi connectivity index (χ4n) is 2.25. The number of hydrogen-bond donors (Lipinski definition) is 3. The van der Waals surface area contributed by atoms with E-state index in [-0.39, 0.29) is 58.3 Å². The van der Waals surface area contributed by atoms with E-state index in [9.17, 15) is 28.8 Å². The van der Waals surface area contributed by atoms with Gasteiger partial charge in [-0.1, -0.05) is 0 Å². The summed E-state index contributed by atoms with van der Waals surface area (Å²) in [6.45, 7) is 1.26. The summed E-state index contributed by atoms with van der Waals surface area (Å²) in [6.07, 6.45) is 0.201. The molecule has 0 aromatic rings. The van der Waals surface area contributed by atoms with E-state index < -0.39 is 42.6 Å². The lowest BCUT2D eigenvalue weighted by Crippen LogP contribution is -2.35. The zero-order valence-electron chi connectivity index (χ0n) is 18.2. The number of rotatable bonds is 15. The molecule has 1 unspecified atom stereocenters. The highest BCUT2D eigenvalue weighted by atomic mass is 16.6. The minimum atomic E-state index is -1.22. The second-order valence-corrected chi connectivity index (χ2v) is 6.46. The lowest BCUT2D eigenvalue weighted by molar-refractivity contribution is -0.164. The average Bonchev–Trinajstić information content (AvgIpc) is 3.10. The van der Waals surface area contributed by atoms with Gasteiger partial charge in [0.15, 0.2) is 12.7 Å². The van der Waals surface area contributed by atoms with Crippen LogP contribution in [-0.2, 0) is 42.9 Å². The van der Waals surface area contributed by atoms with Gasteiger partial charge < -0.3 is 35.3 Å². The molecule has 0 spiro atoms. The van der Waals surface area contributed by atoms with Gasteiger partial charge in [-0.3, -0.25) is 19.3 Å². The highest BCUT2D eigenvalue weighted by molar-refractivity contribution is 6.13. The lowest BCUT2D eigenvalue weighted by Gasteiger charge is -2.13. The monoisotopic (exact) mass is 472 g/mol. The zero-order valence-corrected chi connectivity index (χ0v) is 18.2. The van der Waals surface area contributed by atoms with Crippen LogP contribution in [0.3, 0.4) is 0 Å². The average molecular weight is 472 g/mol. The summed E-state index contributed by atoms with van der Waals surface area (Å²) in [4.78, 5) is 69.9. The predicted octanol–water partition coefficient (Wildman–Crippen LogP) is -2.41. The molecule has 4 N–H and O–H groups in total. The molecule has 14 heteroatoms. The van der Waals surface area contributed by atoms with Crippen molar-refractivity contribution in [2.75, 3.05) is 52.6 Å². The third kappa shape index (κ3) is 11.6. The molecule has 1 heterocycles. The number of nitrogens with two attached hydrogens (primary N) is 1. The van der Waals surface area contributed by atoms with Crippen molar-refractivity contribution in [2.45, 2.75) is 19.4 Å². The number of carbonyl (C=O) groups excluding carboxylic acids is 6. The predicted molar refractivity (Wildman–Crippen MR) is 109 cm³/mol. The van der Waals surface area contributed by atoms with Gasteiger partial charge in [0.2, 0.25) is 5.91 Å².